The van der Waals surface area contributed by atoms with Crippen molar-refractivity contribution in [1.82, 2.24) is 4.90 Å². The molecule has 2 aliphatic heterocycles. The van der Waals surface area contributed by atoms with Gasteiger partial charge in [0.2, 0.25) is 0 Å². The first-order valence-electron chi connectivity index (χ1n) is 5.76. The molecule has 2 rings (SSSR count). The third kappa shape index (κ3) is 3.31. The molecule has 2 aliphatic rings. The molecule has 0 saturated carbocycles. The van der Waals surface area contributed by atoms with Crippen LogP contribution in [0.1, 0.15) is 33.6 Å². The van der Waals surface area contributed by atoms with Gasteiger partial charge in [-0.15, -0.1) is 0 Å². The van der Waals surface area contributed by atoms with Crippen molar-refractivity contribution in [3.8, 4) is 0 Å². The van der Waals surface area contributed by atoms with Crippen molar-refractivity contribution in [2.24, 2.45) is 10.4 Å². The number of hydrogen-bond donors (Lipinski definition) is 0. The number of hydrogen-bond acceptors (Lipinski definition) is 2. The van der Waals surface area contributed by atoms with Crippen LogP contribution >= 0.6 is 0 Å². The van der Waals surface area contributed by atoms with E-state index in [1.54, 1.807) is 5.57 Å². The van der Waals surface area contributed by atoms with Gasteiger partial charge in [-0.25, -0.2) is 0 Å². The van der Waals surface area contributed by atoms with Gasteiger partial charge < -0.3 is 4.90 Å². The summed E-state index contributed by atoms with van der Waals surface area (Å²) in [5.74, 6) is 0. The van der Waals surface area contributed by atoms with Crippen LogP contribution in [0.4, 0.5) is 0 Å². The molecule has 0 radical (unpaired) electrons. The van der Waals surface area contributed by atoms with E-state index in [1.165, 1.54) is 25.9 Å². The highest BCUT2D eigenvalue weighted by Crippen LogP contribution is 2.28. The standard InChI is InChI=1S/C13H20N2.CH4/c1-13(6-3-7-14-11-13)10-12-4-8-15(2)9-5-12;/h3,7,10-11H,4-6,8-9H2,1-2H3;1H4. The van der Waals surface area contributed by atoms with E-state index in [-0.39, 0.29) is 12.8 Å². The van der Waals surface area contributed by atoms with E-state index in [1.807, 2.05) is 6.20 Å². The van der Waals surface area contributed by atoms with E-state index in [0.717, 1.165) is 6.42 Å². The Morgan fingerprint density at radius 1 is 1.38 bits per heavy atom. The topological polar surface area (TPSA) is 15.6 Å². The molecule has 2 heteroatoms. The highest BCUT2D eigenvalue weighted by Gasteiger charge is 2.21. The Kier molecular flexibility index (Phi) is 4.48. The van der Waals surface area contributed by atoms with Crippen LogP contribution in [-0.4, -0.2) is 31.3 Å². The summed E-state index contributed by atoms with van der Waals surface area (Å²) in [5.41, 5.74) is 1.78. The van der Waals surface area contributed by atoms with Crippen LogP contribution in [0.2, 0.25) is 0 Å². The molecule has 2 heterocycles. The zero-order valence-electron chi connectivity index (χ0n) is 9.74. The van der Waals surface area contributed by atoms with Gasteiger partial charge in [0, 0.05) is 30.9 Å². The van der Waals surface area contributed by atoms with Gasteiger partial charge in [0.05, 0.1) is 0 Å². The molecule has 0 aromatic rings. The summed E-state index contributed by atoms with van der Waals surface area (Å²) in [5, 5.41) is 0. The fourth-order valence-electron chi connectivity index (χ4n) is 2.25. The smallest absolute Gasteiger partial charge is 0.0245 e. The van der Waals surface area contributed by atoms with E-state index in [2.05, 4.69) is 42.2 Å². The summed E-state index contributed by atoms with van der Waals surface area (Å²) in [6, 6.07) is 0. The van der Waals surface area contributed by atoms with Gasteiger partial charge in [-0.3, -0.25) is 4.99 Å². The van der Waals surface area contributed by atoms with Crippen LogP contribution in [-0.2, 0) is 0 Å². The molecule has 90 valence electrons. The summed E-state index contributed by atoms with van der Waals surface area (Å²) < 4.78 is 0. The van der Waals surface area contributed by atoms with E-state index in [9.17, 15) is 0 Å². The first-order valence-corrected chi connectivity index (χ1v) is 5.76. The largest absolute Gasteiger partial charge is 0.306 e. The van der Waals surface area contributed by atoms with Crippen LogP contribution in [0.15, 0.2) is 28.9 Å². The predicted molar refractivity (Wildman–Crippen MR) is 71.9 cm³/mol. The Hall–Kier alpha value is -0.890. The highest BCUT2D eigenvalue weighted by molar-refractivity contribution is 5.70. The highest BCUT2D eigenvalue weighted by atomic mass is 15.1. The molecule has 0 aliphatic carbocycles. The lowest BCUT2D eigenvalue weighted by Crippen LogP contribution is -2.27. The van der Waals surface area contributed by atoms with Crippen molar-refractivity contribution in [2.75, 3.05) is 20.1 Å². The second-order valence-electron chi connectivity index (χ2n) is 4.98. The Morgan fingerprint density at radius 3 is 2.62 bits per heavy atom. The summed E-state index contributed by atoms with van der Waals surface area (Å²) in [6.45, 7) is 4.68. The van der Waals surface area contributed by atoms with Crippen LogP contribution in [0, 0.1) is 5.41 Å². The van der Waals surface area contributed by atoms with Gasteiger partial charge in [-0.1, -0.05) is 32.1 Å². The summed E-state index contributed by atoms with van der Waals surface area (Å²) in [4.78, 5) is 6.65. The lowest BCUT2D eigenvalue weighted by Gasteiger charge is -2.28. The number of piperidine rings is 1. The lowest BCUT2D eigenvalue weighted by atomic mass is 9.83. The maximum atomic E-state index is 4.25. The molecular formula is C14H24N2. The van der Waals surface area contributed by atoms with Crippen molar-refractivity contribution in [1.29, 1.82) is 0 Å². The first-order chi connectivity index (χ1) is 7.18. The Balaban J connectivity index is 0.00000128. The predicted octanol–water partition coefficient (Wildman–Crippen LogP) is 3.27. The monoisotopic (exact) mass is 220 g/mol. The SMILES string of the molecule is C.CN1CCC(=CC2(C)C=NC=CC2)CC1. The quantitative estimate of drug-likeness (QED) is 0.619. The minimum absolute atomic E-state index is 0. The lowest BCUT2D eigenvalue weighted by molar-refractivity contribution is 0.310. The van der Waals surface area contributed by atoms with Gasteiger partial charge in [0.25, 0.3) is 0 Å². The van der Waals surface area contributed by atoms with Gasteiger partial charge in [-0.2, -0.15) is 0 Å². The first kappa shape index (κ1) is 13.2. The van der Waals surface area contributed by atoms with E-state index in [4.69, 9.17) is 0 Å². The van der Waals surface area contributed by atoms with E-state index in [0.29, 0.717) is 0 Å². The zero-order chi connectivity index (χ0) is 10.7. The molecule has 16 heavy (non-hydrogen) atoms. The van der Waals surface area contributed by atoms with E-state index >= 15 is 0 Å². The minimum atomic E-state index is 0. The number of likely N-dealkylation sites (tertiary alicyclic amines) is 1. The number of nitrogens with zero attached hydrogens (tertiary/aromatic N) is 2. The van der Waals surface area contributed by atoms with Crippen molar-refractivity contribution in [3.63, 3.8) is 0 Å². The summed E-state index contributed by atoms with van der Waals surface area (Å²) in [6.07, 6.45) is 12.1. The molecule has 2 nitrogen and oxygen atoms in total. The fourth-order valence-corrected chi connectivity index (χ4v) is 2.25. The minimum Gasteiger partial charge on any atom is -0.306 e. The Labute approximate surface area is 99.8 Å². The van der Waals surface area contributed by atoms with Crippen molar-refractivity contribution >= 4 is 6.21 Å². The van der Waals surface area contributed by atoms with Crippen LogP contribution < -0.4 is 0 Å². The van der Waals surface area contributed by atoms with Crippen molar-refractivity contribution in [2.45, 2.75) is 33.6 Å². The molecule has 1 atom stereocenters. The van der Waals surface area contributed by atoms with Gasteiger partial charge in [-0.05, 0) is 26.3 Å². The maximum Gasteiger partial charge on any atom is 0.0245 e. The average molecular weight is 220 g/mol. The van der Waals surface area contributed by atoms with Crippen molar-refractivity contribution < 1.29 is 0 Å². The van der Waals surface area contributed by atoms with Gasteiger partial charge in [0.1, 0.15) is 0 Å². The molecule has 0 bridgehead atoms. The second-order valence-corrected chi connectivity index (χ2v) is 4.98. The third-order valence-electron chi connectivity index (χ3n) is 3.28. The fraction of sp³-hybridized carbons (Fsp3) is 0.643. The molecular weight excluding hydrogens is 196 g/mol. The normalized spacial score (nSPS) is 30.0. The van der Waals surface area contributed by atoms with Crippen LogP contribution in [0.25, 0.3) is 0 Å². The van der Waals surface area contributed by atoms with Crippen molar-refractivity contribution in [3.05, 3.63) is 23.9 Å². The zero-order valence-corrected chi connectivity index (χ0v) is 9.74. The Morgan fingerprint density at radius 2 is 2.06 bits per heavy atom. The third-order valence-corrected chi connectivity index (χ3v) is 3.28. The summed E-state index contributed by atoms with van der Waals surface area (Å²) in [7, 11) is 2.20. The average Bonchev–Trinajstić information content (AvgIpc) is 2.22. The van der Waals surface area contributed by atoms with Gasteiger partial charge in [0.15, 0.2) is 0 Å². The summed E-state index contributed by atoms with van der Waals surface area (Å²) >= 11 is 0. The molecule has 0 amide bonds. The molecule has 1 fully saturated rings. The number of rotatable bonds is 1. The maximum absolute atomic E-state index is 4.25. The Bertz CT molecular complexity index is 305. The van der Waals surface area contributed by atoms with E-state index < -0.39 is 0 Å². The van der Waals surface area contributed by atoms with Crippen LogP contribution in [0.3, 0.4) is 0 Å². The molecule has 0 N–H and O–H groups in total. The number of aliphatic imine (C=N–C) groups is 1. The molecule has 1 saturated heterocycles. The molecule has 0 aromatic heterocycles. The van der Waals surface area contributed by atoms with Gasteiger partial charge >= 0.3 is 0 Å². The van der Waals surface area contributed by atoms with Crippen LogP contribution in [0.5, 0.6) is 0 Å². The second kappa shape index (κ2) is 5.44. The molecule has 1 unspecified atom stereocenters. The number of allylic oxidation sites excluding steroid dienone is 2. The molecule has 0 aromatic carbocycles. The molecule has 0 spiro atoms.